The highest BCUT2D eigenvalue weighted by atomic mass is 16.2. The highest BCUT2D eigenvalue weighted by Gasteiger charge is 2.08. The average Bonchev–Trinajstić information content (AvgIpc) is 2.41. The predicted molar refractivity (Wildman–Crippen MR) is 77.4 cm³/mol. The lowest BCUT2D eigenvalue weighted by molar-refractivity contribution is -0.120. The Morgan fingerprint density at radius 2 is 2.00 bits per heavy atom. The number of hydrazine groups is 1. The first kappa shape index (κ1) is 15.6. The highest BCUT2D eigenvalue weighted by Crippen LogP contribution is 2.12. The zero-order chi connectivity index (χ0) is 14.1. The Hall–Kier alpha value is -1.43. The van der Waals surface area contributed by atoms with E-state index >= 15 is 0 Å². The summed E-state index contributed by atoms with van der Waals surface area (Å²) in [4.78, 5) is 13.6. The molecule has 0 saturated carbocycles. The van der Waals surface area contributed by atoms with E-state index in [1.54, 1.807) is 0 Å². The van der Waals surface area contributed by atoms with E-state index in [-0.39, 0.29) is 5.91 Å². The maximum atomic E-state index is 11.4. The van der Waals surface area contributed by atoms with Crippen LogP contribution in [0.1, 0.15) is 17.5 Å². The summed E-state index contributed by atoms with van der Waals surface area (Å²) in [7, 11) is 4.05. The van der Waals surface area contributed by atoms with Crippen molar-refractivity contribution < 1.29 is 4.79 Å². The highest BCUT2D eigenvalue weighted by molar-refractivity contribution is 5.78. The van der Waals surface area contributed by atoms with Crippen molar-refractivity contribution in [3.05, 3.63) is 35.4 Å². The maximum absolute atomic E-state index is 11.4. The van der Waals surface area contributed by atoms with Crippen LogP contribution in [0.15, 0.2) is 24.3 Å². The van der Waals surface area contributed by atoms with Crippen LogP contribution in [0, 0.1) is 0 Å². The Bertz CT molecular complexity index is 395. The molecule has 0 atom stereocenters. The molecule has 5 heteroatoms. The molecule has 0 bridgehead atoms. The number of amides is 1. The van der Waals surface area contributed by atoms with Crippen LogP contribution in [-0.4, -0.2) is 38.0 Å². The monoisotopic (exact) mass is 264 g/mol. The van der Waals surface area contributed by atoms with Gasteiger partial charge in [-0.25, -0.2) is 5.84 Å². The first-order valence-electron chi connectivity index (χ1n) is 6.56. The van der Waals surface area contributed by atoms with Gasteiger partial charge in [-0.15, -0.1) is 0 Å². The van der Waals surface area contributed by atoms with E-state index in [4.69, 9.17) is 5.84 Å². The van der Waals surface area contributed by atoms with Crippen LogP contribution in [0.5, 0.6) is 0 Å². The first-order chi connectivity index (χ1) is 9.17. The van der Waals surface area contributed by atoms with Gasteiger partial charge in [-0.05, 0) is 44.7 Å². The van der Waals surface area contributed by atoms with Crippen molar-refractivity contribution in [2.45, 2.75) is 19.4 Å². The van der Waals surface area contributed by atoms with E-state index in [0.29, 0.717) is 6.42 Å². The fraction of sp³-hybridized carbons (Fsp3) is 0.500. The van der Waals surface area contributed by atoms with Crippen LogP contribution in [0.2, 0.25) is 0 Å². The summed E-state index contributed by atoms with van der Waals surface area (Å²) in [5, 5.41) is 3.14. The number of carbonyl (C=O) groups is 1. The second kappa shape index (κ2) is 8.63. The summed E-state index contributed by atoms with van der Waals surface area (Å²) in [6.45, 7) is 2.89. The van der Waals surface area contributed by atoms with Gasteiger partial charge in [0.05, 0.1) is 6.42 Å². The summed E-state index contributed by atoms with van der Waals surface area (Å²) >= 11 is 0. The number of benzene rings is 1. The molecule has 0 aromatic heterocycles. The van der Waals surface area contributed by atoms with Gasteiger partial charge in [-0.3, -0.25) is 10.2 Å². The summed E-state index contributed by atoms with van der Waals surface area (Å²) in [6, 6.07) is 7.99. The number of nitrogens with zero attached hydrogens (tertiary/aromatic N) is 1. The summed E-state index contributed by atoms with van der Waals surface area (Å²) in [5.41, 5.74) is 4.39. The fourth-order valence-corrected chi connectivity index (χ4v) is 2.00. The molecule has 0 spiro atoms. The topological polar surface area (TPSA) is 70.4 Å². The van der Waals surface area contributed by atoms with E-state index in [2.05, 4.69) is 28.8 Å². The molecule has 1 aromatic carbocycles. The summed E-state index contributed by atoms with van der Waals surface area (Å²) in [6.07, 6.45) is 1.44. The van der Waals surface area contributed by atoms with E-state index in [1.807, 2.05) is 25.2 Å². The Labute approximate surface area is 115 Å². The van der Waals surface area contributed by atoms with Crippen molar-refractivity contribution in [3.63, 3.8) is 0 Å². The van der Waals surface area contributed by atoms with Crippen LogP contribution in [0.3, 0.4) is 0 Å². The number of hydrogen-bond acceptors (Lipinski definition) is 4. The van der Waals surface area contributed by atoms with Gasteiger partial charge in [0.1, 0.15) is 0 Å². The zero-order valence-corrected chi connectivity index (χ0v) is 11.8. The van der Waals surface area contributed by atoms with Crippen LogP contribution in [-0.2, 0) is 17.8 Å². The number of nitrogens with one attached hydrogen (secondary N) is 2. The number of rotatable bonds is 8. The number of carbonyl (C=O) groups excluding carboxylic acids is 1. The maximum Gasteiger partial charge on any atom is 0.238 e. The lowest BCUT2D eigenvalue weighted by Crippen LogP contribution is -2.32. The predicted octanol–water partition coefficient (Wildman–Crippen LogP) is 0.260. The Kier molecular flexibility index (Phi) is 7.10. The molecule has 1 amide bonds. The minimum Gasteiger partial charge on any atom is -0.320 e. The fourth-order valence-electron chi connectivity index (χ4n) is 2.00. The first-order valence-corrected chi connectivity index (χ1v) is 6.56. The molecule has 0 aliphatic rings. The molecule has 5 nitrogen and oxygen atoms in total. The molecule has 19 heavy (non-hydrogen) atoms. The van der Waals surface area contributed by atoms with Gasteiger partial charge in [-0.1, -0.05) is 24.3 Å². The minimum atomic E-state index is -0.162. The van der Waals surface area contributed by atoms with Crippen molar-refractivity contribution in [2.75, 3.05) is 27.2 Å². The number of hydrogen-bond donors (Lipinski definition) is 3. The van der Waals surface area contributed by atoms with Crippen molar-refractivity contribution >= 4 is 5.91 Å². The molecule has 0 heterocycles. The lowest BCUT2D eigenvalue weighted by Gasteiger charge is -2.18. The van der Waals surface area contributed by atoms with Gasteiger partial charge >= 0.3 is 0 Å². The summed E-state index contributed by atoms with van der Waals surface area (Å²) in [5.74, 6) is 4.97. The molecule has 106 valence electrons. The molecule has 0 fully saturated rings. The lowest BCUT2D eigenvalue weighted by atomic mass is 10.0. The van der Waals surface area contributed by atoms with Crippen LogP contribution in [0.25, 0.3) is 0 Å². The minimum absolute atomic E-state index is 0.162. The summed E-state index contributed by atoms with van der Waals surface area (Å²) < 4.78 is 0. The van der Waals surface area contributed by atoms with Gasteiger partial charge in [0.15, 0.2) is 0 Å². The molecular formula is C14H24N4O. The van der Waals surface area contributed by atoms with E-state index in [9.17, 15) is 4.79 Å². The van der Waals surface area contributed by atoms with Gasteiger partial charge in [-0.2, -0.15) is 0 Å². The molecule has 0 aliphatic carbocycles. The normalized spacial score (nSPS) is 10.7. The van der Waals surface area contributed by atoms with Crippen molar-refractivity contribution in [1.29, 1.82) is 0 Å². The second-order valence-electron chi connectivity index (χ2n) is 4.71. The third-order valence-corrected chi connectivity index (χ3v) is 3.04. The van der Waals surface area contributed by atoms with Crippen LogP contribution >= 0.6 is 0 Å². The zero-order valence-electron chi connectivity index (χ0n) is 11.8. The smallest absolute Gasteiger partial charge is 0.238 e. The molecule has 0 saturated heterocycles. The standard InChI is InChI=1S/C14H24N4O/c1-16-8-5-9-18(2)11-13-7-4-3-6-12(13)10-14(19)17-15/h3-4,6-7,16H,5,8-11,15H2,1-2H3,(H,17,19). The molecular weight excluding hydrogens is 240 g/mol. The van der Waals surface area contributed by atoms with Gasteiger partial charge in [0.25, 0.3) is 0 Å². The third-order valence-electron chi connectivity index (χ3n) is 3.04. The van der Waals surface area contributed by atoms with E-state index < -0.39 is 0 Å². The van der Waals surface area contributed by atoms with Gasteiger partial charge < -0.3 is 10.2 Å². The van der Waals surface area contributed by atoms with Gasteiger partial charge in [0.2, 0.25) is 5.91 Å². The van der Waals surface area contributed by atoms with Crippen molar-refractivity contribution in [3.8, 4) is 0 Å². The quantitative estimate of drug-likeness (QED) is 0.273. The SMILES string of the molecule is CNCCCN(C)Cc1ccccc1CC(=O)NN. The third kappa shape index (κ3) is 5.83. The Balaban J connectivity index is 2.59. The van der Waals surface area contributed by atoms with Crippen molar-refractivity contribution in [1.82, 2.24) is 15.6 Å². The van der Waals surface area contributed by atoms with Crippen molar-refractivity contribution in [2.24, 2.45) is 5.84 Å². The van der Waals surface area contributed by atoms with Gasteiger partial charge in [0, 0.05) is 6.54 Å². The number of nitrogens with two attached hydrogens (primary N) is 1. The molecule has 0 unspecified atom stereocenters. The molecule has 0 aliphatic heterocycles. The second-order valence-corrected chi connectivity index (χ2v) is 4.71. The average molecular weight is 264 g/mol. The molecule has 4 N–H and O–H groups in total. The Morgan fingerprint density at radius 1 is 1.32 bits per heavy atom. The Morgan fingerprint density at radius 3 is 2.63 bits per heavy atom. The molecule has 1 aromatic rings. The van der Waals surface area contributed by atoms with E-state index in [1.165, 1.54) is 5.56 Å². The van der Waals surface area contributed by atoms with Crippen LogP contribution in [0.4, 0.5) is 0 Å². The van der Waals surface area contributed by atoms with Crippen LogP contribution < -0.4 is 16.6 Å². The molecule has 1 rings (SSSR count). The molecule has 0 radical (unpaired) electrons. The van der Waals surface area contributed by atoms with E-state index in [0.717, 1.165) is 31.6 Å². The largest absolute Gasteiger partial charge is 0.320 e.